The van der Waals surface area contributed by atoms with E-state index in [0.717, 1.165) is 0 Å². The van der Waals surface area contributed by atoms with Crippen LogP contribution in [-0.2, 0) is 4.57 Å². The molecule has 0 saturated carbocycles. The van der Waals surface area contributed by atoms with Crippen molar-refractivity contribution in [1.29, 1.82) is 0 Å². The van der Waals surface area contributed by atoms with Crippen LogP contribution in [0.1, 0.15) is 0 Å². The average molecular weight is 702 g/mol. The Kier molecular flexibility index (Phi) is 8.82. The van der Waals surface area contributed by atoms with Gasteiger partial charge in [0.15, 0.2) is 0 Å². The van der Waals surface area contributed by atoms with Gasteiger partial charge in [0, 0.05) is 0 Å². The predicted molar refractivity (Wildman–Crippen MR) is 71.4 cm³/mol. The summed E-state index contributed by atoms with van der Waals surface area (Å²) in [7, 11) is -10.5. The Balaban J connectivity index is 7.44. The molecule has 0 saturated heterocycles. The minimum absolute atomic E-state index is 8.15. The molecule has 0 fully saturated rings. The molecule has 248 valence electrons. The van der Waals surface area contributed by atoms with E-state index in [9.17, 15) is 119 Å². The molecule has 0 aromatic carbocycles. The molecule has 0 aliphatic heterocycles. The van der Waals surface area contributed by atoms with E-state index in [0.29, 0.717) is 0 Å². The number of alkyl halides is 26. The van der Waals surface area contributed by atoms with Gasteiger partial charge in [0.1, 0.15) is 0 Å². The van der Waals surface area contributed by atoms with Crippen LogP contribution in [0.4, 0.5) is 114 Å². The third-order valence-electron chi connectivity index (χ3n) is 4.59. The average Bonchev–Trinajstić information content (AvgIpc) is 2.70. The molecule has 0 aliphatic rings. The summed E-state index contributed by atoms with van der Waals surface area (Å²) in [4.78, 5) is 8.31. The molecule has 0 spiro atoms. The van der Waals surface area contributed by atoms with E-state index in [1.807, 2.05) is 0 Å². The van der Waals surface area contributed by atoms with Crippen LogP contribution in [0.25, 0.3) is 0 Å². The van der Waals surface area contributed by atoms with E-state index in [-0.39, 0.29) is 0 Å². The van der Waals surface area contributed by atoms with Crippen LogP contribution in [-0.4, -0.2) is 76.0 Å². The summed E-state index contributed by atoms with van der Waals surface area (Å²) in [5.41, 5.74) is -18.4. The molecule has 0 aliphatic carbocycles. The summed E-state index contributed by atoms with van der Waals surface area (Å²) in [6, 6.07) is 0. The molecule has 0 rings (SSSR count). The van der Waals surface area contributed by atoms with Gasteiger partial charge in [-0.15, -0.1) is 0 Å². The lowest BCUT2D eigenvalue weighted by molar-refractivity contribution is -0.458. The van der Waals surface area contributed by atoms with Crippen LogP contribution in [0.5, 0.6) is 0 Å². The van der Waals surface area contributed by atoms with Gasteiger partial charge in [-0.05, 0) is 0 Å². The second kappa shape index (κ2) is 9.19. The van der Waals surface area contributed by atoms with E-state index in [1.54, 1.807) is 0 Å². The van der Waals surface area contributed by atoms with Crippen molar-refractivity contribution in [2.75, 3.05) is 0 Å². The van der Waals surface area contributed by atoms with Crippen LogP contribution in [0, 0.1) is 0 Å². The normalized spacial score (nSPS) is 18.4. The molecule has 1 unspecified atom stereocenters. The zero-order valence-electron chi connectivity index (χ0n) is 17.1. The highest BCUT2D eigenvalue weighted by molar-refractivity contribution is 7.60. The topological polar surface area (TPSA) is 37.3 Å². The van der Waals surface area contributed by atoms with Crippen molar-refractivity contribution in [2.24, 2.45) is 0 Å². The number of hydrogen-bond donors (Lipinski definition) is 1. The predicted octanol–water partition coefficient (Wildman–Crippen LogP) is 8.65. The summed E-state index contributed by atoms with van der Waals surface area (Å²) in [5.74, 6) is -73.6. The highest BCUT2D eigenvalue weighted by Gasteiger charge is 2.99. The molecule has 1 N–H and O–H groups in total. The largest absolute Gasteiger partial charge is 0.460 e. The van der Waals surface area contributed by atoms with Crippen LogP contribution in [0.15, 0.2) is 0 Å². The number of halogens is 26. The number of rotatable bonds is 10. The van der Waals surface area contributed by atoms with E-state index in [2.05, 4.69) is 0 Å². The first-order valence-electron chi connectivity index (χ1n) is 8.24. The molecule has 0 heterocycles. The zero-order valence-corrected chi connectivity index (χ0v) is 18.0. The fraction of sp³-hybridized carbons (Fsp3) is 1.00. The Bertz CT molecular complexity index is 1030. The Morgan fingerprint density at radius 3 is 0.659 bits per heavy atom. The van der Waals surface area contributed by atoms with Crippen molar-refractivity contribution in [1.82, 2.24) is 0 Å². The van der Waals surface area contributed by atoms with E-state index in [4.69, 9.17) is 4.89 Å². The van der Waals surface area contributed by atoms with Crippen molar-refractivity contribution in [3.05, 3.63) is 0 Å². The van der Waals surface area contributed by atoms with Crippen LogP contribution < -0.4 is 0 Å². The smallest absolute Gasteiger partial charge is 0.336 e. The third-order valence-corrected chi connectivity index (χ3v) is 6.68. The van der Waals surface area contributed by atoms with Crippen molar-refractivity contribution in [3.63, 3.8) is 0 Å². The summed E-state index contributed by atoms with van der Waals surface area (Å²) >= 11 is 0. The Hall–Kier alpha value is -1.63. The molecule has 41 heavy (non-hydrogen) atoms. The quantitative estimate of drug-likeness (QED) is 0.183. The number of hydrogen-bond acceptors (Lipinski definition) is 1. The Labute approximate surface area is 203 Å². The summed E-state index contributed by atoms with van der Waals surface area (Å²) < 4.78 is 347. The van der Waals surface area contributed by atoms with E-state index in [1.165, 1.54) is 0 Å². The molecule has 0 aromatic rings. The zero-order chi connectivity index (χ0) is 34.5. The molecular weight excluding hydrogens is 701 g/mol. The lowest BCUT2D eigenvalue weighted by Gasteiger charge is -2.44. The fourth-order valence-electron chi connectivity index (χ4n) is 2.08. The first-order valence-corrected chi connectivity index (χ1v) is 9.90. The lowest BCUT2D eigenvalue weighted by atomic mass is 9.91. The van der Waals surface area contributed by atoms with Gasteiger partial charge in [0.25, 0.3) is 0 Å². The summed E-state index contributed by atoms with van der Waals surface area (Å²) in [6.45, 7) is 0. The standard InChI is InChI=1S/C12HF26O2P/c13-1(14,3(17,18)5(21,22)9(29,30)31)2(15,16)4(19,20)7(25,26)11(35,36)41(39,40)12(37,38)8(27,28)6(23,24)10(32,33)34/h(H,39,40). The second-order valence-electron chi connectivity index (χ2n) is 7.25. The molecule has 0 amide bonds. The van der Waals surface area contributed by atoms with Crippen molar-refractivity contribution in [3.8, 4) is 0 Å². The maximum Gasteiger partial charge on any atom is 0.460 e. The van der Waals surface area contributed by atoms with E-state index >= 15 is 0 Å². The monoisotopic (exact) mass is 702 g/mol. The van der Waals surface area contributed by atoms with Crippen LogP contribution in [0.3, 0.4) is 0 Å². The summed E-state index contributed by atoms with van der Waals surface area (Å²) in [5, 5.41) is 0. The van der Waals surface area contributed by atoms with Gasteiger partial charge in [-0.25, -0.2) is 0 Å². The van der Waals surface area contributed by atoms with Crippen molar-refractivity contribution < 1.29 is 124 Å². The van der Waals surface area contributed by atoms with Crippen LogP contribution >= 0.6 is 7.37 Å². The Morgan fingerprint density at radius 2 is 0.439 bits per heavy atom. The summed E-state index contributed by atoms with van der Waals surface area (Å²) in [6.07, 6.45) is -16.4. The molecular formula is C12HF26O2P. The third kappa shape index (κ3) is 4.49. The molecule has 0 bridgehead atoms. The highest BCUT2D eigenvalue weighted by Crippen LogP contribution is 2.79. The van der Waals surface area contributed by atoms with Gasteiger partial charge >= 0.3 is 78.4 Å². The maximum absolute atomic E-state index is 13.6. The van der Waals surface area contributed by atoms with Crippen molar-refractivity contribution >= 4 is 7.37 Å². The SMILES string of the molecule is O=P(O)(C(F)(F)C(F)(F)C(F)(F)C(F)(F)F)C(F)(F)C(F)(F)C(F)(F)C(F)(F)C(F)(F)C(F)(F)C(F)(F)C(F)(F)F. The molecule has 1 atom stereocenters. The van der Waals surface area contributed by atoms with Gasteiger partial charge in [-0.1, -0.05) is 0 Å². The lowest BCUT2D eigenvalue weighted by Crippen LogP contribution is -2.74. The van der Waals surface area contributed by atoms with Gasteiger partial charge in [-0.2, -0.15) is 114 Å². The molecule has 0 radical (unpaired) electrons. The molecule has 0 aromatic heterocycles. The van der Waals surface area contributed by atoms with E-state index < -0.39 is 78.4 Å². The molecule has 29 heteroatoms. The first kappa shape index (κ1) is 39.4. The van der Waals surface area contributed by atoms with Gasteiger partial charge < -0.3 is 4.89 Å². The van der Waals surface area contributed by atoms with Crippen LogP contribution in [0.2, 0.25) is 0 Å². The van der Waals surface area contributed by atoms with Gasteiger partial charge in [0.2, 0.25) is 0 Å². The highest BCUT2D eigenvalue weighted by atomic mass is 31.2. The minimum Gasteiger partial charge on any atom is -0.336 e. The van der Waals surface area contributed by atoms with Gasteiger partial charge in [-0.3, -0.25) is 4.57 Å². The Morgan fingerprint density at radius 1 is 0.293 bits per heavy atom. The minimum atomic E-state index is -10.5. The second-order valence-corrected chi connectivity index (χ2v) is 9.52. The first-order chi connectivity index (χ1) is 17.0. The van der Waals surface area contributed by atoms with Gasteiger partial charge in [0.05, 0.1) is 0 Å². The maximum atomic E-state index is 13.6. The fourth-order valence-corrected chi connectivity index (χ4v) is 3.47. The van der Waals surface area contributed by atoms with Crippen molar-refractivity contribution in [2.45, 2.75) is 71.1 Å². The molecule has 2 nitrogen and oxygen atoms in total.